The summed E-state index contributed by atoms with van der Waals surface area (Å²) in [6, 6.07) is 9.47. The smallest absolute Gasteiger partial charge is 0.377 e. The van der Waals surface area contributed by atoms with Crippen molar-refractivity contribution >= 4 is 23.1 Å². The zero-order valence-corrected chi connectivity index (χ0v) is 12.7. The molecule has 1 heterocycles. The predicted octanol–water partition coefficient (Wildman–Crippen LogP) is 3.51. The van der Waals surface area contributed by atoms with Gasteiger partial charge in [0.2, 0.25) is 0 Å². The number of pyridine rings is 1. The first kappa shape index (κ1) is 16.3. The Bertz CT molecular complexity index is 662. The molecule has 1 aromatic heterocycles. The zero-order chi connectivity index (χ0) is 16.3. The van der Waals surface area contributed by atoms with Crippen LogP contribution in [-0.2, 0) is 0 Å². The van der Waals surface area contributed by atoms with Gasteiger partial charge in [0.1, 0.15) is 0 Å². The maximum atomic E-state index is 12.7. The van der Waals surface area contributed by atoms with Crippen LogP contribution in [0.4, 0.5) is 18.9 Å². The van der Waals surface area contributed by atoms with Crippen molar-refractivity contribution in [3.63, 3.8) is 0 Å². The molecule has 2 aromatic rings. The number of aliphatic imine (C=N–C) groups is 1. The van der Waals surface area contributed by atoms with E-state index in [1.165, 1.54) is 41.2 Å². The highest BCUT2D eigenvalue weighted by molar-refractivity contribution is 6.30. The van der Waals surface area contributed by atoms with E-state index in [0.29, 0.717) is 10.6 Å². The van der Waals surface area contributed by atoms with Crippen molar-refractivity contribution in [2.24, 2.45) is 4.99 Å². The van der Waals surface area contributed by atoms with E-state index in [1.807, 2.05) is 19.0 Å². The second-order valence-electron chi connectivity index (χ2n) is 4.77. The second-order valence-corrected chi connectivity index (χ2v) is 5.20. The molecule has 0 amide bonds. The Balaban J connectivity index is 2.49. The average molecular weight is 329 g/mol. The van der Waals surface area contributed by atoms with Crippen LogP contribution < -0.4 is 9.47 Å². The third kappa shape index (κ3) is 4.21. The van der Waals surface area contributed by atoms with Crippen LogP contribution in [0.3, 0.4) is 0 Å². The van der Waals surface area contributed by atoms with Gasteiger partial charge in [-0.1, -0.05) is 11.6 Å². The molecule has 0 atom stereocenters. The van der Waals surface area contributed by atoms with Gasteiger partial charge in [0.15, 0.2) is 0 Å². The summed E-state index contributed by atoms with van der Waals surface area (Å²) in [5.41, 5.74) is 1.20. The molecule has 3 nitrogen and oxygen atoms in total. The van der Waals surface area contributed by atoms with Crippen LogP contribution in [0.15, 0.2) is 53.8 Å². The van der Waals surface area contributed by atoms with E-state index in [-0.39, 0.29) is 5.84 Å². The number of benzene rings is 1. The molecule has 0 aliphatic heterocycles. The van der Waals surface area contributed by atoms with Gasteiger partial charge in [0.25, 0.3) is 0 Å². The lowest BCUT2D eigenvalue weighted by molar-refractivity contribution is -0.555. The molecule has 0 bridgehead atoms. The van der Waals surface area contributed by atoms with E-state index >= 15 is 0 Å². The Hall–Kier alpha value is -2.08. The van der Waals surface area contributed by atoms with Gasteiger partial charge >= 0.3 is 12.1 Å². The number of nitrogens with zero attached hydrogens (tertiary/aromatic N) is 3. The summed E-state index contributed by atoms with van der Waals surface area (Å²) in [5, 5.41) is 0.447. The normalized spacial score (nSPS) is 12.4. The quantitative estimate of drug-likeness (QED) is 0.357. The molecule has 0 saturated heterocycles. The molecule has 0 radical (unpaired) electrons. The number of aromatic nitrogens is 1. The van der Waals surface area contributed by atoms with Gasteiger partial charge in [-0.2, -0.15) is 0 Å². The van der Waals surface area contributed by atoms with Crippen molar-refractivity contribution in [1.82, 2.24) is 0 Å². The Labute approximate surface area is 131 Å². The summed E-state index contributed by atoms with van der Waals surface area (Å²) < 4.78 is 39.5. The maximum Gasteiger partial charge on any atom is 0.603 e. The van der Waals surface area contributed by atoms with Crippen molar-refractivity contribution in [2.75, 3.05) is 19.0 Å². The van der Waals surface area contributed by atoms with Gasteiger partial charge in [-0.25, -0.2) is 4.57 Å². The van der Waals surface area contributed by atoms with Gasteiger partial charge in [0, 0.05) is 41.9 Å². The molecule has 116 valence electrons. The minimum absolute atomic E-state index is 0.213. The molecule has 7 heteroatoms. The number of alkyl halides is 3. The molecule has 0 aliphatic rings. The van der Waals surface area contributed by atoms with Crippen LogP contribution in [0.5, 0.6) is 0 Å². The van der Waals surface area contributed by atoms with E-state index in [9.17, 15) is 13.2 Å². The van der Waals surface area contributed by atoms with Gasteiger partial charge in [0.05, 0.1) is 18.0 Å². The van der Waals surface area contributed by atoms with Gasteiger partial charge in [-0.05, 0) is 24.3 Å². The molecule has 0 saturated carbocycles. The summed E-state index contributed by atoms with van der Waals surface area (Å²) in [4.78, 5) is 4.73. The summed E-state index contributed by atoms with van der Waals surface area (Å²) >= 11 is 5.78. The molecule has 2 rings (SSSR count). The van der Waals surface area contributed by atoms with Crippen molar-refractivity contribution in [1.29, 1.82) is 0 Å². The van der Waals surface area contributed by atoms with E-state index in [1.54, 1.807) is 12.1 Å². The fourth-order valence-corrected chi connectivity index (χ4v) is 1.97. The van der Waals surface area contributed by atoms with Crippen LogP contribution in [-0.4, -0.2) is 26.2 Å². The lowest BCUT2D eigenvalue weighted by Gasteiger charge is -2.11. The Morgan fingerprint density at radius 3 is 2.05 bits per heavy atom. The Morgan fingerprint density at radius 1 is 1.05 bits per heavy atom. The fraction of sp³-hybridized carbons (Fsp3) is 0.200. The van der Waals surface area contributed by atoms with Gasteiger partial charge in [-0.15, -0.1) is 13.2 Å². The van der Waals surface area contributed by atoms with Crippen molar-refractivity contribution in [2.45, 2.75) is 6.30 Å². The van der Waals surface area contributed by atoms with Crippen molar-refractivity contribution < 1.29 is 17.7 Å². The molecule has 1 aromatic carbocycles. The third-order valence-corrected chi connectivity index (χ3v) is 3.16. The first-order valence-electron chi connectivity index (χ1n) is 6.38. The number of rotatable bonds is 2. The number of hydrogen-bond donors (Lipinski definition) is 0. The number of anilines is 1. The minimum Gasteiger partial charge on any atom is -0.377 e. The third-order valence-electron chi connectivity index (χ3n) is 2.91. The lowest BCUT2D eigenvalue weighted by Crippen LogP contribution is -2.44. The highest BCUT2D eigenvalue weighted by Gasteiger charge is 2.38. The van der Waals surface area contributed by atoms with Crippen molar-refractivity contribution in [3.8, 4) is 0 Å². The monoisotopic (exact) mass is 328 g/mol. The highest BCUT2D eigenvalue weighted by Crippen LogP contribution is 2.18. The average Bonchev–Trinajstić information content (AvgIpc) is 2.45. The molecule has 0 aliphatic carbocycles. The summed E-state index contributed by atoms with van der Waals surface area (Å²) in [6.07, 6.45) is -1.59. The first-order chi connectivity index (χ1) is 10.3. The lowest BCUT2D eigenvalue weighted by atomic mass is 10.2. The van der Waals surface area contributed by atoms with Gasteiger partial charge < -0.3 is 4.90 Å². The zero-order valence-electron chi connectivity index (χ0n) is 12.0. The predicted molar refractivity (Wildman–Crippen MR) is 80.4 cm³/mol. The van der Waals surface area contributed by atoms with E-state index in [4.69, 9.17) is 11.6 Å². The summed E-state index contributed by atoms with van der Waals surface area (Å²) in [6.45, 7) is 0. The van der Waals surface area contributed by atoms with E-state index in [2.05, 4.69) is 4.99 Å². The highest BCUT2D eigenvalue weighted by atomic mass is 35.5. The number of halogens is 4. The molecular weight excluding hydrogens is 315 g/mol. The van der Waals surface area contributed by atoms with Crippen LogP contribution >= 0.6 is 11.6 Å². The number of hydrogen-bond acceptors (Lipinski definition) is 2. The molecule has 22 heavy (non-hydrogen) atoms. The van der Waals surface area contributed by atoms with Gasteiger partial charge in [-0.3, -0.25) is 0 Å². The molecule has 0 fully saturated rings. The van der Waals surface area contributed by atoms with Crippen LogP contribution in [0.1, 0.15) is 5.56 Å². The molecule has 0 unspecified atom stereocenters. The fourth-order valence-electron chi connectivity index (χ4n) is 1.85. The summed E-state index contributed by atoms with van der Waals surface area (Å²) in [7, 11) is 3.70. The Morgan fingerprint density at radius 2 is 1.59 bits per heavy atom. The topological polar surface area (TPSA) is 19.5 Å². The SMILES string of the molecule is CN(C)c1cc[n+](/C(=N/C(F)(F)F)c2ccc(Cl)cc2)cc1. The molecular formula is C15H14ClF3N3+. The standard InChI is InChI=1S/C15H14ClF3N3/c1-21(2)13-7-9-22(10-8-13)14(20-15(17,18)19)11-3-5-12(16)6-4-11/h3-10H,1-2H3/q+1/b20-14+. The molecule has 0 N–H and O–H groups in total. The first-order valence-corrected chi connectivity index (χ1v) is 6.75. The molecule has 0 spiro atoms. The van der Waals surface area contributed by atoms with E-state index < -0.39 is 6.30 Å². The van der Waals surface area contributed by atoms with Crippen molar-refractivity contribution in [3.05, 3.63) is 59.4 Å². The Kier molecular flexibility index (Phi) is 4.71. The second kappa shape index (κ2) is 6.36. The maximum absolute atomic E-state index is 12.7. The minimum atomic E-state index is -4.66. The van der Waals surface area contributed by atoms with Crippen LogP contribution in [0.25, 0.3) is 0 Å². The largest absolute Gasteiger partial charge is 0.603 e. The summed E-state index contributed by atoms with van der Waals surface area (Å²) in [5.74, 6) is -0.213. The van der Waals surface area contributed by atoms with Crippen LogP contribution in [0, 0.1) is 0 Å². The van der Waals surface area contributed by atoms with Crippen LogP contribution in [0.2, 0.25) is 5.02 Å². The van der Waals surface area contributed by atoms with E-state index in [0.717, 1.165) is 5.69 Å².